The van der Waals surface area contributed by atoms with Crippen LogP contribution < -0.4 is 0 Å². The van der Waals surface area contributed by atoms with E-state index in [2.05, 4.69) is 30.6 Å². The molecule has 0 spiro atoms. The molecule has 1 aliphatic heterocycles. The lowest BCUT2D eigenvalue weighted by atomic mass is 10.0. The van der Waals surface area contributed by atoms with E-state index in [-0.39, 0.29) is 30.1 Å². The first-order valence-corrected chi connectivity index (χ1v) is 9.61. The molecule has 5 heteroatoms. The van der Waals surface area contributed by atoms with Crippen LogP contribution in [0.3, 0.4) is 0 Å². The van der Waals surface area contributed by atoms with E-state index >= 15 is 0 Å². The van der Waals surface area contributed by atoms with E-state index in [1.807, 2.05) is 43.1 Å². The number of aryl methyl sites for hydroxylation is 2. The van der Waals surface area contributed by atoms with Gasteiger partial charge in [-0.25, -0.2) is 0 Å². The topological polar surface area (TPSA) is 55.2 Å². The summed E-state index contributed by atoms with van der Waals surface area (Å²) < 4.78 is 2.06. The molecule has 1 aromatic carbocycles. The first-order chi connectivity index (χ1) is 12.7. The number of aromatic nitrogens is 2. The Bertz CT molecular complexity index is 874. The molecule has 5 nitrogen and oxygen atoms in total. The predicted molar refractivity (Wildman–Crippen MR) is 106 cm³/mol. The SMILES string of the molecule is Cc1ccc(C(=O)CCC(=O)N2CCc3c(cnn3C(C)(C)C)C2)cc1C. The third-order valence-corrected chi connectivity index (χ3v) is 5.32. The molecule has 1 aliphatic rings. The van der Waals surface area contributed by atoms with E-state index in [4.69, 9.17) is 0 Å². The van der Waals surface area contributed by atoms with E-state index in [1.165, 1.54) is 11.3 Å². The molecule has 0 fully saturated rings. The van der Waals surface area contributed by atoms with Crippen molar-refractivity contribution >= 4 is 11.7 Å². The Hall–Kier alpha value is -2.43. The highest BCUT2D eigenvalue weighted by Gasteiger charge is 2.27. The van der Waals surface area contributed by atoms with Gasteiger partial charge in [0.05, 0.1) is 11.7 Å². The quantitative estimate of drug-likeness (QED) is 0.772. The summed E-state index contributed by atoms with van der Waals surface area (Å²) in [6.07, 6.45) is 3.20. The highest BCUT2D eigenvalue weighted by molar-refractivity contribution is 5.98. The molecular formula is C22H29N3O2. The van der Waals surface area contributed by atoms with Crippen molar-refractivity contribution in [3.63, 3.8) is 0 Å². The zero-order chi connectivity index (χ0) is 19.8. The van der Waals surface area contributed by atoms with Gasteiger partial charge in [-0.3, -0.25) is 14.3 Å². The molecule has 3 rings (SSSR count). The number of nitrogens with zero attached hydrogens (tertiary/aromatic N) is 3. The summed E-state index contributed by atoms with van der Waals surface area (Å²) in [4.78, 5) is 26.9. The van der Waals surface area contributed by atoms with Gasteiger partial charge in [0, 0.05) is 49.2 Å². The molecule has 0 saturated heterocycles. The third kappa shape index (κ3) is 4.12. The molecule has 1 aromatic heterocycles. The number of benzene rings is 1. The minimum Gasteiger partial charge on any atom is -0.338 e. The number of fused-ring (bicyclic) bond motifs is 1. The van der Waals surface area contributed by atoms with Crippen molar-refractivity contribution in [1.29, 1.82) is 0 Å². The Morgan fingerprint density at radius 1 is 1.11 bits per heavy atom. The van der Waals surface area contributed by atoms with Crippen molar-refractivity contribution in [2.45, 2.75) is 66.0 Å². The molecule has 144 valence electrons. The fourth-order valence-corrected chi connectivity index (χ4v) is 3.56. The van der Waals surface area contributed by atoms with Crippen molar-refractivity contribution in [3.8, 4) is 0 Å². The highest BCUT2D eigenvalue weighted by atomic mass is 16.2. The summed E-state index contributed by atoms with van der Waals surface area (Å²) in [6.45, 7) is 11.7. The minimum absolute atomic E-state index is 0.0321. The largest absolute Gasteiger partial charge is 0.338 e. The maximum absolute atomic E-state index is 12.6. The normalized spacial score (nSPS) is 14.2. The summed E-state index contributed by atoms with van der Waals surface area (Å²) in [5.74, 6) is 0.0750. The van der Waals surface area contributed by atoms with Crippen LogP contribution in [-0.4, -0.2) is 32.9 Å². The second-order valence-corrected chi connectivity index (χ2v) is 8.49. The zero-order valence-corrected chi connectivity index (χ0v) is 17.0. The summed E-state index contributed by atoms with van der Waals surface area (Å²) >= 11 is 0. The van der Waals surface area contributed by atoms with Crippen LogP contribution >= 0.6 is 0 Å². The lowest BCUT2D eigenvalue weighted by Gasteiger charge is -2.30. The van der Waals surface area contributed by atoms with Crippen LogP contribution in [0.4, 0.5) is 0 Å². The monoisotopic (exact) mass is 367 g/mol. The lowest BCUT2D eigenvalue weighted by Crippen LogP contribution is -2.37. The Labute approximate surface area is 161 Å². The van der Waals surface area contributed by atoms with Gasteiger partial charge in [0.25, 0.3) is 0 Å². The van der Waals surface area contributed by atoms with Gasteiger partial charge >= 0.3 is 0 Å². The average molecular weight is 367 g/mol. The second-order valence-electron chi connectivity index (χ2n) is 8.49. The van der Waals surface area contributed by atoms with Crippen LogP contribution in [0.1, 0.15) is 66.4 Å². The minimum atomic E-state index is -0.0572. The summed E-state index contributed by atoms with van der Waals surface area (Å²) in [7, 11) is 0. The Morgan fingerprint density at radius 3 is 2.52 bits per heavy atom. The maximum Gasteiger partial charge on any atom is 0.223 e. The third-order valence-electron chi connectivity index (χ3n) is 5.32. The van der Waals surface area contributed by atoms with E-state index in [0.717, 1.165) is 17.5 Å². The number of ketones is 1. The molecule has 0 radical (unpaired) electrons. The van der Waals surface area contributed by atoms with Crippen molar-refractivity contribution < 1.29 is 9.59 Å². The van der Waals surface area contributed by atoms with Crippen LogP contribution in [0, 0.1) is 13.8 Å². The number of rotatable bonds is 4. The van der Waals surface area contributed by atoms with Crippen LogP contribution in [0.2, 0.25) is 0 Å². The van der Waals surface area contributed by atoms with Gasteiger partial charge in [0.1, 0.15) is 0 Å². The van der Waals surface area contributed by atoms with E-state index in [9.17, 15) is 9.59 Å². The van der Waals surface area contributed by atoms with Crippen LogP contribution in [0.25, 0.3) is 0 Å². The van der Waals surface area contributed by atoms with Gasteiger partial charge in [0.2, 0.25) is 5.91 Å². The van der Waals surface area contributed by atoms with E-state index in [1.54, 1.807) is 0 Å². The first kappa shape index (κ1) is 19.3. The van der Waals surface area contributed by atoms with Gasteiger partial charge in [-0.2, -0.15) is 5.10 Å². The average Bonchev–Trinajstić information content (AvgIpc) is 3.05. The number of hydrogen-bond acceptors (Lipinski definition) is 3. The maximum atomic E-state index is 12.6. The van der Waals surface area contributed by atoms with Crippen molar-refractivity contribution in [2.75, 3.05) is 6.54 Å². The molecule has 0 N–H and O–H groups in total. The van der Waals surface area contributed by atoms with Gasteiger partial charge in [-0.05, 0) is 51.8 Å². The van der Waals surface area contributed by atoms with Crippen molar-refractivity contribution in [2.24, 2.45) is 0 Å². The molecule has 0 atom stereocenters. The molecule has 0 saturated carbocycles. The molecule has 0 unspecified atom stereocenters. The molecule has 2 aromatic rings. The number of carbonyl (C=O) groups is 2. The van der Waals surface area contributed by atoms with Crippen molar-refractivity contribution in [1.82, 2.24) is 14.7 Å². The van der Waals surface area contributed by atoms with E-state index < -0.39 is 0 Å². The predicted octanol–water partition coefficient (Wildman–Crippen LogP) is 3.80. The van der Waals surface area contributed by atoms with Crippen LogP contribution in [0.15, 0.2) is 24.4 Å². The Morgan fingerprint density at radius 2 is 1.85 bits per heavy atom. The number of amides is 1. The fraction of sp³-hybridized carbons (Fsp3) is 0.500. The number of Topliss-reactive ketones (excluding diaryl/α,β-unsaturated/α-hetero) is 1. The first-order valence-electron chi connectivity index (χ1n) is 9.61. The molecule has 0 aliphatic carbocycles. The standard InChI is InChI=1S/C22H29N3O2/c1-15-6-7-17(12-16(15)2)20(26)8-9-21(27)24-11-10-19-18(14-24)13-23-25(19)22(3,4)5/h6-7,12-13H,8-11,14H2,1-5H3. The summed E-state index contributed by atoms with van der Waals surface area (Å²) in [5, 5.41) is 4.52. The molecule has 2 heterocycles. The van der Waals surface area contributed by atoms with Crippen LogP contribution in [0.5, 0.6) is 0 Å². The van der Waals surface area contributed by atoms with Gasteiger partial charge in [0.15, 0.2) is 5.78 Å². The van der Waals surface area contributed by atoms with Crippen LogP contribution in [-0.2, 0) is 23.3 Å². The number of hydrogen-bond donors (Lipinski definition) is 0. The Balaban J connectivity index is 1.60. The smallest absolute Gasteiger partial charge is 0.223 e. The summed E-state index contributed by atoms with van der Waals surface area (Å²) in [6, 6.07) is 5.73. The second kappa shape index (κ2) is 7.29. The summed E-state index contributed by atoms with van der Waals surface area (Å²) in [5.41, 5.74) is 5.24. The number of carbonyl (C=O) groups excluding carboxylic acids is 2. The molecule has 1 amide bonds. The molecular weight excluding hydrogens is 338 g/mol. The fourth-order valence-electron chi connectivity index (χ4n) is 3.56. The molecule has 27 heavy (non-hydrogen) atoms. The zero-order valence-electron chi connectivity index (χ0n) is 17.0. The van der Waals surface area contributed by atoms with Crippen molar-refractivity contribution in [3.05, 3.63) is 52.3 Å². The van der Waals surface area contributed by atoms with E-state index in [0.29, 0.717) is 18.7 Å². The highest BCUT2D eigenvalue weighted by Crippen LogP contribution is 2.25. The Kier molecular flexibility index (Phi) is 5.22. The van der Waals surface area contributed by atoms with Gasteiger partial charge in [-0.15, -0.1) is 0 Å². The lowest BCUT2D eigenvalue weighted by molar-refractivity contribution is -0.132. The van der Waals surface area contributed by atoms with Gasteiger partial charge < -0.3 is 4.90 Å². The van der Waals surface area contributed by atoms with Gasteiger partial charge in [-0.1, -0.05) is 12.1 Å². The molecule has 0 bridgehead atoms.